The van der Waals surface area contributed by atoms with E-state index in [0.29, 0.717) is 22.6 Å². The van der Waals surface area contributed by atoms with Crippen LogP contribution in [-0.4, -0.2) is 29.5 Å². The quantitative estimate of drug-likeness (QED) is 0.483. The standard InChI is InChI=1S/C26H22N2O4/c1-31-22-11-12-23-24(19-5-3-2-4-6-19)14-26(30)28(25(23)13-22)16-20(29)17-32-21-9-7-18(15-27)8-10-21/h2-14,20,29H,16-17H2,1H3/t20-/m1/s1. The first-order valence-corrected chi connectivity index (χ1v) is 10.2. The molecule has 1 heterocycles. The van der Waals surface area contributed by atoms with Gasteiger partial charge in [-0.25, -0.2) is 0 Å². The van der Waals surface area contributed by atoms with Crippen LogP contribution in [0.4, 0.5) is 0 Å². The van der Waals surface area contributed by atoms with Gasteiger partial charge in [0.1, 0.15) is 24.2 Å². The summed E-state index contributed by atoms with van der Waals surface area (Å²) in [5, 5.41) is 20.4. The molecule has 32 heavy (non-hydrogen) atoms. The van der Waals surface area contributed by atoms with Crippen LogP contribution >= 0.6 is 0 Å². The number of fused-ring (bicyclic) bond motifs is 1. The first-order valence-electron chi connectivity index (χ1n) is 10.2. The molecule has 3 aromatic carbocycles. The fraction of sp³-hybridized carbons (Fsp3) is 0.154. The van der Waals surface area contributed by atoms with Crippen molar-refractivity contribution in [2.75, 3.05) is 13.7 Å². The van der Waals surface area contributed by atoms with Crippen LogP contribution in [0, 0.1) is 11.3 Å². The molecule has 6 nitrogen and oxygen atoms in total. The van der Waals surface area contributed by atoms with Crippen molar-refractivity contribution in [3.05, 3.63) is 94.8 Å². The van der Waals surface area contributed by atoms with Gasteiger partial charge >= 0.3 is 0 Å². The van der Waals surface area contributed by atoms with Gasteiger partial charge in [0.05, 0.1) is 30.8 Å². The van der Waals surface area contributed by atoms with E-state index in [1.807, 2.05) is 48.5 Å². The number of nitrogens with zero attached hydrogens (tertiary/aromatic N) is 2. The Bertz CT molecular complexity index is 1320. The zero-order valence-electron chi connectivity index (χ0n) is 17.6. The smallest absolute Gasteiger partial charge is 0.251 e. The summed E-state index contributed by atoms with van der Waals surface area (Å²) in [7, 11) is 1.57. The summed E-state index contributed by atoms with van der Waals surface area (Å²) in [5.41, 5.74) is 2.75. The molecule has 1 aromatic heterocycles. The largest absolute Gasteiger partial charge is 0.497 e. The van der Waals surface area contributed by atoms with Gasteiger partial charge in [-0.2, -0.15) is 5.26 Å². The lowest BCUT2D eigenvalue weighted by Gasteiger charge is -2.18. The Morgan fingerprint density at radius 2 is 1.72 bits per heavy atom. The highest BCUT2D eigenvalue weighted by molar-refractivity contribution is 5.95. The number of pyridine rings is 1. The van der Waals surface area contributed by atoms with Gasteiger partial charge in [0.15, 0.2) is 0 Å². The van der Waals surface area contributed by atoms with Crippen molar-refractivity contribution >= 4 is 10.9 Å². The van der Waals surface area contributed by atoms with Gasteiger partial charge in [-0.1, -0.05) is 30.3 Å². The van der Waals surface area contributed by atoms with E-state index in [0.717, 1.165) is 16.5 Å². The van der Waals surface area contributed by atoms with E-state index in [1.165, 1.54) is 4.57 Å². The number of methoxy groups -OCH3 is 1. The molecule has 0 unspecified atom stereocenters. The van der Waals surface area contributed by atoms with Crippen LogP contribution in [0.15, 0.2) is 83.7 Å². The van der Waals surface area contributed by atoms with Crippen molar-refractivity contribution in [3.8, 4) is 28.7 Å². The molecular formula is C26H22N2O4. The minimum absolute atomic E-state index is 0.00421. The molecule has 1 atom stereocenters. The van der Waals surface area contributed by atoms with Gasteiger partial charge < -0.3 is 19.1 Å². The van der Waals surface area contributed by atoms with Crippen LogP contribution in [0.2, 0.25) is 0 Å². The van der Waals surface area contributed by atoms with Crippen LogP contribution in [0.1, 0.15) is 5.56 Å². The van der Waals surface area contributed by atoms with Gasteiger partial charge in [-0.15, -0.1) is 0 Å². The number of aliphatic hydroxyl groups is 1. The van der Waals surface area contributed by atoms with Crippen molar-refractivity contribution in [3.63, 3.8) is 0 Å². The van der Waals surface area contributed by atoms with E-state index < -0.39 is 6.10 Å². The molecule has 4 aromatic rings. The Labute approximate surface area is 185 Å². The summed E-state index contributed by atoms with van der Waals surface area (Å²) < 4.78 is 12.5. The lowest BCUT2D eigenvalue weighted by atomic mass is 10.0. The summed E-state index contributed by atoms with van der Waals surface area (Å²) >= 11 is 0. The number of benzene rings is 3. The lowest BCUT2D eigenvalue weighted by Crippen LogP contribution is -2.30. The molecule has 0 fully saturated rings. The summed E-state index contributed by atoms with van der Waals surface area (Å²) in [5.74, 6) is 1.17. The first kappa shape index (κ1) is 21.2. The fourth-order valence-electron chi connectivity index (χ4n) is 3.61. The number of hydrogen-bond donors (Lipinski definition) is 1. The Balaban J connectivity index is 1.65. The van der Waals surface area contributed by atoms with Gasteiger partial charge in [0.25, 0.3) is 5.56 Å². The third kappa shape index (κ3) is 4.48. The maximum atomic E-state index is 13.0. The number of aromatic nitrogens is 1. The zero-order valence-corrected chi connectivity index (χ0v) is 17.6. The minimum Gasteiger partial charge on any atom is -0.497 e. The highest BCUT2D eigenvalue weighted by Crippen LogP contribution is 2.29. The highest BCUT2D eigenvalue weighted by atomic mass is 16.5. The Hall–Kier alpha value is -4.08. The molecule has 0 aliphatic rings. The van der Waals surface area contributed by atoms with Crippen LogP contribution in [-0.2, 0) is 6.54 Å². The van der Waals surface area contributed by atoms with Crippen LogP contribution in [0.3, 0.4) is 0 Å². The van der Waals surface area contributed by atoms with Crippen LogP contribution in [0.25, 0.3) is 22.0 Å². The molecular weight excluding hydrogens is 404 g/mol. The van der Waals surface area contributed by atoms with E-state index in [-0.39, 0.29) is 18.7 Å². The van der Waals surface area contributed by atoms with Gasteiger partial charge in [0.2, 0.25) is 0 Å². The maximum absolute atomic E-state index is 13.0. The number of rotatable bonds is 7. The van der Waals surface area contributed by atoms with E-state index in [9.17, 15) is 9.90 Å². The highest BCUT2D eigenvalue weighted by Gasteiger charge is 2.15. The zero-order chi connectivity index (χ0) is 22.5. The van der Waals surface area contributed by atoms with Gasteiger partial charge in [-0.3, -0.25) is 4.79 Å². The Morgan fingerprint density at radius 3 is 2.41 bits per heavy atom. The van der Waals surface area contributed by atoms with E-state index in [2.05, 4.69) is 0 Å². The summed E-state index contributed by atoms with van der Waals surface area (Å²) in [4.78, 5) is 13.0. The minimum atomic E-state index is -0.916. The summed E-state index contributed by atoms with van der Waals surface area (Å²) in [6.07, 6.45) is -0.916. The number of hydrogen-bond acceptors (Lipinski definition) is 5. The van der Waals surface area contributed by atoms with E-state index >= 15 is 0 Å². The second kappa shape index (κ2) is 9.38. The first-order chi connectivity index (χ1) is 15.6. The van der Waals surface area contributed by atoms with Crippen molar-refractivity contribution in [2.24, 2.45) is 0 Å². The number of ether oxygens (including phenoxy) is 2. The second-order valence-corrected chi connectivity index (χ2v) is 7.36. The lowest BCUT2D eigenvalue weighted by molar-refractivity contribution is 0.0927. The molecule has 4 rings (SSSR count). The molecule has 160 valence electrons. The monoisotopic (exact) mass is 426 g/mol. The van der Waals surface area contributed by atoms with Crippen molar-refractivity contribution in [1.82, 2.24) is 4.57 Å². The van der Waals surface area contributed by atoms with Gasteiger partial charge in [0, 0.05) is 17.5 Å². The molecule has 0 radical (unpaired) electrons. The summed E-state index contributed by atoms with van der Waals surface area (Å²) in [6.45, 7) is 0.0675. The number of nitriles is 1. The van der Waals surface area contributed by atoms with Crippen molar-refractivity contribution < 1.29 is 14.6 Å². The third-order valence-corrected chi connectivity index (χ3v) is 5.22. The maximum Gasteiger partial charge on any atom is 0.251 e. The SMILES string of the molecule is COc1ccc2c(-c3ccccc3)cc(=O)n(C[C@@H](O)COc3ccc(C#N)cc3)c2c1. The average molecular weight is 426 g/mol. The van der Waals surface area contributed by atoms with Crippen molar-refractivity contribution in [1.29, 1.82) is 5.26 Å². The molecule has 0 amide bonds. The predicted molar refractivity (Wildman–Crippen MR) is 123 cm³/mol. The topological polar surface area (TPSA) is 84.5 Å². The molecule has 6 heteroatoms. The molecule has 0 saturated heterocycles. The molecule has 0 aliphatic heterocycles. The molecule has 0 saturated carbocycles. The van der Waals surface area contributed by atoms with E-state index in [1.54, 1.807) is 43.5 Å². The normalized spacial score (nSPS) is 11.7. The second-order valence-electron chi connectivity index (χ2n) is 7.36. The molecule has 0 aliphatic carbocycles. The average Bonchev–Trinajstić information content (AvgIpc) is 2.84. The Kier molecular flexibility index (Phi) is 6.20. The summed E-state index contributed by atoms with van der Waals surface area (Å²) in [6, 6.07) is 25.6. The van der Waals surface area contributed by atoms with Gasteiger partial charge in [-0.05, 0) is 47.5 Å². The molecule has 0 spiro atoms. The number of aliphatic hydroxyl groups excluding tert-OH is 1. The van der Waals surface area contributed by atoms with Crippen LogP contribution in [0.5, 0.6) is 11.5 Å². The Morgan fingerprint density at radius 1 is 1.00 bits per heavy atom. The van der Waals surface area contributed by atoms with Crippen LogP contribution < -0.4 is 15.0 Å². The predicted octanol–water partition coefficient (Wildman–Crippen LogP) is 3.99. The molecule has 0 bridgehead atoms. The molecule has 1 N–H and O–H groups in total. The van der Waals surface area contributed by atoms with Crippen molar-refractivity contribution in [2.45, 2.75) is 12.6 Å². The fourth-order valence-corrected chi connectivity index (χ4v) is 3.61. The third-order valence-electron chi connectivity index (χ3n) is 5.22. The van der Waals surface area contributed by atoms with E-state index in [4.69, 9.17) is 14.7 Å².